The summed E-state index contributed by atoms with van der Waals surface area (Å²) in [5.41, 5.74) is 1.03. The van der Waals surface area contributed by atoms with Gasteiger partial charge in [-0.1, -0.05) is 23.7 Å². The van der Waals surface area contributed by atoms with Gasteiger partial charge in [-0.2, -0.15) is 0 Å². The van der Waals surface area contributed by atoms with E-state index in [0.29, 0.717) is 15.3 Å². The van der Waals surface area contributed by atoms with Crippen LogP contribution < -0.4 is 5.32 Å². The number of hydrogen-bond donors (Lipinski definition) is 1. The van der Waals surface area contributed by atoms with Crippen molar-refractivity contribution in [3.05, 3.63) is 87.1 Å². The lowest BCUT2D eigenvalue weighted by molar-refractivity contribution is 0.0940. The van der Waals surface area contributed by atoms with Crippen molar-refractivity contribution < 1.29 is 9.18 Å². The zero-order valence-corrected chi connectivity index (χ0v) is 15.6. The summed E-state index contributed by atoms with van der Waals surface area (Å²) >= 11 is 9.24. The predicted molar refractivity (Wildman–Crippen MR) is 98.1 cm³/mol. The summed E-state index contributed by atoms with van der Waals surface area (Å²) in [6.07, 6.45) is 3.45. The Hall–Kier alpha value is -2.18. The fraction of sp³-hybridized carbons (Fsp3) is 0.111. The average molecular weight is 423 g/mol. The largest absolute Gasteiger partial charge is 0.338 e. The van der Waals surface area contributed by atoms with Crippen LogP contribution in [0.15, 0.2) is 59.3 Å². The van der Waals surface area contributed by atoms with Crippen molar-refractivity contribution in [3.63, 3.8) is 0 Å². The number of carbonyl (C=O) groups excluding carboxylic acids is 1. The van der Waals surface area contributed by atoms with Crippen LogP contribution >= 0.6 is 27.5 Å². The van der Waals surface area contributed by atoms with Gasteiger partial charge in [0.25, 0.3) is 5.91 Å². The molecule has 0 bridgehead atoms. The molecule has 4 nitrogen and oxygen atoms in total. The van der Waals surface area contributed by atoms with Crippen LogP contribution in [0.4, 0.5) is 4.39 Å². The maximum atomic E-state index is 13.5. The first-order chi connectivity index (χ1) is 12.0. The van der Waals surface area contributed by atoms with Crippen LogP contribution in [0.2, 0.25) is 5.02 Å². The highest BCUT2D eigenvalue weighted by Crippen LogP contribution is 2.24. The number of aryl methyl sites for hydroxylation is 1. The third-order valence-corrected chi connectivity index (χ3v) is 4.71. The monoisotopic (exact) mass is 421 g/mol. The second-order valence-electron chi connectivity index (χ2n) is 5.48. The van der Waals surface area contributed by atoms with Gasteiger partial charge in [0.15, 0.2) is 0 Å². The number of carbonyl (C=O) groups is 1. The van der Waals surface area contributed by atoms with Crippen molar-refractivity contribution in [2.45, 2.75) is 6.04 Å². The Morgan fingerprint density at radius 3 is 2.64 bits per heavy atom. The van der Waals surface area contributed by atoms with Crippen LogP contribution in [0.25, 0.3) is 0 Å². The molecule has 0 saturated carbocycles. The summed E-state index contributed by atoms with van der Waals surface area (Å²) < 4.78 is 15.9. The highest BCUT2D eigenvalue weighted by Gasteiger charge is 2.22. The molecule has 2 aromatic carbocycles. The number of amides is 1. The highest BCUT2D eigenvalue weighted by molar-refractivity contribution is 9.10. The van der Waals surface area contributed by atoms with Gasteiger partial charge >= 0.3 is 0 Å². The molecule has 0 aliphatic rings. The van der Waals surface area contributed by atoms with Crippen molar-refractivity contribution in [1.82, 2.24) is 14.9 Å². The van der Waals surface area contributed by atoms with Gasteiger partial charge in [0.05, 0.1) is 5.56 Å². The summed E-state index contributed by atoms with van der Waals surface area (Å²) in [7, 11) is 1.84. The number of aromatic nitrogens is 2. The molecule has 0 unspecified atom stereocenters. The van der Waals surface area contributed by atoms with Gasteiger partial charge in [-0.3, -0.25) is 4.79 Å². The van der Waals surface area contributed by atoms with E-state index in [4.69, 9.17) is 11.6 Å². The van der Waals surface area contributed by atoms with Crippen LogP contribution in [-0.2, 0) is 7.05 Å². The number of benzene rings is 2. The van der Waals surface area contributed by atoms with Crippen molar-refractivity contribution >= 4 is 33.4 Å². The molecule has 1 heterocycles. The third-order valence-electron chi connectivity index (χ3n) is 3.77. The van der Waals surface area contributed by atoms with Crippen molar-refractivity contribution in [1.29, 1.82) is 0 Å². The molecule has 0 aliphatic heterocycles. The van der Waals surface area contributed by atoms with Crippen molar-refractivity contribution in [3.8, 4) is 0 Å². The number of rotatable bonds is 4. The lowest BCUT2D eigenvalue weighted by atomic mass is 10.1. The second-order valence-corrected chi connectivity index (χ2v) is 6.77. The van der Waals surface area contributed by atoms with Crippen LogP contribution in [0.3, 0.4) is 0 Å². The molecule has 0 saturated heterocycles. The molecular formula is C18H14BrClFN3O. The topological polar surface area (TPSA) is 46.9 Å². The summed E-state index contributed by atoms with van der Waals surface area (Å²) in [6.45, 7) is 0. The predicted octanol–water partition coefficient (Wildman–Crippen LogP) is 4.49. The van der Waals surface area contributed by atoms with E-state index in [1.165, 1.54) is 18.2 Å². The first kappa shape index (κ1) is 17.6. The maximum absolute atomic E-state index is 13.5. The summed E-state index contributed by atoms with van der Waals surface area (Å²) in [5.74, 6) is -0.231. The Morgan fingerprint density at radius 1 is 1.28 bits per heavy atom. The van der Waals surface area contributed by atoms with E-state index in [1.54, 1.807) is 24.5 Å². The standard InChI is InChI=1S/C18H14BrClFN3O/c1-24-9-8-22-17(24)16(11-2-4-12(20)5-3-11)23-18(25)14-10-13(21)6-7-15(14)19/h2-10,16H,1H3,(H,23,25)/t16-/m0/s1. The molecule has 0 spiro atoms. The van der Waals surface area contributed by atoms with E-state index >= 15 is 0 Å². The van der Waals surface area contributed by atoms with E-state index < -0.39 is 17.8 Å². The molecule has 128 valence electrons. The van der Waals surface area contributed by atoms with Gasteiger partial charge in [0, 0.05) is 28.9 Å². The average Bonchev–Trinajstić information content (AvgIpc) is 3.01. The highest BCUT2D eigenvalue weighted by atomic mass is 79.9. The molecule has 7 heteroatoms. The van der Waals surface area contributed by atoms with Gasteiger partial charge in [-0.15, -0.1) is 0 Å². The fourth-order valence-electron chi connectivity index (χ4n) is 2.49. The molecule has 1 N–H and O–H groups in total. The molecule has 3 rings (SSSR count). The zero-order valence-electron chi connectivity index (χ0n) is 13.2. The van der Waals surface area contributed by atoms with Crippen LogP contribution in [-0.4, -0.2) is 15.5 Å². The number of nitrogens with one attached hydrogen (secondary N) is 1. The molecule has 1 atom stereocenters. The molecule has 0 aliphatic carbocycles. The first-order valence-corrected chi connectivity index (χ1v) is 8.61. The SMILES string of the molecule is Cn1ccnc1[C@@H](NC(=O)c1cc(F)ccc1Br)c1ccc(Cl)cc1. The summed E-state index contributed by atoms with van der Waals surface area (Å²) in [4.78, 5) is 17.0. The zero-order chi connectivity index (χ0) is 18.0. The van der Waals surface area contributed by atoms with Crippen LogP contribution in [0.1, 0.15) is 27.8 Å². The molecule has 25 heavy (non-hydrogen) atoms. The Morgan fingerprint density at radius 2 is 2.00 bits per heavy atom. The molecule has 0 fully saturated rings. The maximum Gasteiger partial charge on any atom is 0.253 e. The smallest absolute Gasteiger partial charge is 0.253 e. The molecule has 3 aromatic rings. The number of nitrogens with zero attached hydrogens (tertiary/aromatic N) is 2. The Labute approximate surface area is 157 Å². The van der Waals surface area contributed by atoms with Crippen LogP contribution in [0.5, 0.6) is 0 Å². The first-order valence-electron chi connectivity index (χ1n) is 7.44. The van der Waals surface area contributed by atoms with Gasteiger partial charge in [-0.25, -0.2) is 9.37 Å². The Balaban J connectivity index is 1.98. The number of hydrogen-bond acceptors (Lipinski definition) is 2. The third kappa shape index (κ3) is 3.91. The van der Waals surface area contributed by atoms with E-state index in [0.717, 1.165) is 5.56 Å². The van der Waals surface area contributed by atoms with E-state index in [1.807, 2.05) is 23.7 Å². The van der Waals surface area contributed by atoms with E-state index in [-0.39, 0.29) is 5.56 Å². The minimum absolute atomic E-state index is 0.216. The van der Waals surface area contributed by atoms with Gasteiger partial charge in [0.1, 0.15) is 17.7 Å². The fourth-order valence-corrected chi connectivity index (χ4v) is 3.04. The Kier molecular flexibility index (Phi) is 5.20. The van der Waals surface area contributed by atoms with E-state index in [9.17, 15) is 9.18 Å². The molecule has 1 amide bonds. The van der Waals surface area contributed by atoms with Crippen molar-refractivity contribution in [2.24, 2.45) is 7.05 Å². The molecule has 0 radical (unpaired) electrons. The Bertz CT molecular complexity index is 911. The van der Waals surface area contributed by atoms with E-state index in [2.05, 4.69) is 26.2 Å². The van der Waals surface area contributed by atoms with Gasteiger partial charge < -0.3 is 9.88 Å². The number of halogens is 3. The molecular weight excluding hydrogens is 409 g/mol. The summed E-state index contributed by atoms with van der Waals surface area (Å²) in [6, 6.07) is 10.6. The minimum Gasteiger partial charge on any atom is -0.338 e. The lowest BCUT2D eigenvalue weighted by Crippen LogP contribution is -2.31. The van der Waals surface area contributed by atoms with Gasteiger partial charge in [-0.05, 0) is 51.8 Å². The number of imidazole rings is 1. The van der Waals surface area contributed by atoms with Crippen molar-refractivity contribution in [2.75, 3.05) is 0 Å². The lowest BCUT2D eigenvalue weighted by Gasteiger charge is -2.19. The molecule has 1 aromatic heterocycles. The quantitative estimate of drug-likeness (QED) is 0.673. The second kappa shape index (κ2) is 7.37. The summed E-state index contributed by atoms with van der Waals surface area (Å²) in [5, 5.41) is 3.52. The normalized spacial score (nSPS) is 12.0. The van der Waals surface area contributed by atoms with Crippen LogP contribution in [0, 0.1) is 5.82 Å². The minimum atomic E-state index is -0.500. The van der Waals surface area contributed by atoms with Gasteiger partial charge in [0.2, 0.25) is 0 Å².